The van der Waals surface area contributed by atoms with Gasteiger partial charge in [0.25, 0.3) is 0 Å². The fourth-order valence-electron chi connectivity index (χ4n) is 0.425. The van der Waals surface area contributed by atoms with Crippen LogP contribution in [0.4, 0.5) is 0 Å². The number of ether oxygens (including phenoxy) is 1. The molecule has 0 saturated carbocycles. The van der Waals surface area contributed by atoms with Gasteiger partial charge in [-0.05, 0) is 0 Å². The highest BCUT2D eigenvalue weighted by molar-refractivity contribution is 5.75. The first kappa shape index (κ1) is 9.19. The van der Waals surface area contributed by atoms with Gasteiger partial charge in [-0.25, -0.2) is 0 Å². The first-order valence-corrected chi connectivity index (χ1v) is 3.10. The van der Waals surface area contributed by atoms with E-state index >= 15 is 0 Å². The molecule has 10 heavy (non-hydrogen) atoms. The predicted octanol–water partition coefficient (Wildman–Crippen LogP) is -1.76. The summed E-state index contributed by atoms with van der Waals surface area (Å²) < 4.78 is 4.99. The summed E-state index contributed by atoms with van der Waals surface area (Å²) in [5.74, 6) is 0.0938. The van der Waals surface area contributed by atoms with Gasteiger partial charge in [-0.2, -0.15) is 0 Å². The third-order valence-electron chi connectivity index (χ3n) is 0.792. The first-order chi connectivity index (χ1) is 4.77. The van der Waals surface area contributed by atoms with E-state index in [2.05, 4.69) is 4.99 Å². The molecule has 0 aliphatic carbocycles. The molecule has 60 valence electrons. The second kappa shape index (κ2) is 6.31. The minimum atomic E-state index is 0.0938. The summed E-state index contributed by atoms with van der Waals surface area (Å²) in [5.41, 5.74) is 15.3. The summed E-state index contributed by atoms with van der Waals surface area (Å²) in [5, 5.41) is 0. The van der Waals surface area contributed by atoms with E-state index in [1.165, 1.54) is 0 Å². The Bertz CT molecular complexity index is 99.8. The Morgan fingerprint density at radius 1 is 1.30 bits per heavy atom. The van der Waals surface area contributed by atoms with E-state index in [0.29, 0.717) is 26.3 Å². The zero-order valence-corrected chi connectivity index (χ0v) is 5.92. The van der Waals surface area contributed by atoms with Crippen LogP contribution in [0.2, 0.25) is 0 Å². The van der Waals surface area contributed by atoms with Crippen LogP contribution in [0.5, 0.6) is 0 Å². The molecule has 0 atom stereocenters. The molecule has 0 aromatic heterocycles. The van der Waals surface area contributed by atoms with Crippen LogP contribution in [0.3, 0.4) is 0 Å². The molecule has 0 unspecified atom stereocenters. The topological polar surface area (TPSA) is 99.6 Å². The van der Waals surface area contributed by atoms with Gasteiger partial charge in [0.2, 0.25) is 0 Å². The molecular weight excluding hydrogens is 132 g/mol. The number of nitrogens with zero attached hydrogens (tertiary/aromatic N) is 1. The highest BCUT2D eigenvalue weighted by Crippen LogP contribution is 1.73. The monoisotopic (exact) mass is 146 g/mol. The van der Waals surface area contributed by atoms with Crippen molar-refractivity contribution in [2.75, 3.05) is 26.3 Å². The van der Waals surface area contributed by atoms with Crippen LogP contribution in [-0.2, 0) is 4.74 Å². The maximum Gasteiger partial charge on any atom is 0.185 e. The number of nitrogens with two attached hydrogens (primary N) is 3. The fourth-order valence-corrected chi connectivity index (χ4v) is 0.425. The van der Waals surface area contributed by atoms with Crippen LogP contribution >= 0.6 is 0 Å². The molecule has 0 saturated heterocycles. The van der Waals surface area contributed by atoms with Crippen LogP contribution in [0.15, 0.2) is 4.99 Å². The van der Waals surface area contributed by atoms with E-state index < -0.39 is 0 Å². The fraction of sp³-hybridized carbons (Fsp3) is 0.800. The highest BCUT2D eigenvalue weighted by Gasteiger charge is 1.83. The normalized spacial score (nSPS) is 9.30. The van der Waals surface area contributed by atoms with Crippen molar-refractivity contribution in [2.45, 2.75) is 0 Å². The van der Waals surface area contributed by atoms with Crippen molar-refractivity contribution in [1.29, 1.82) is 0 Å². The van der Waals surface area contributed by atoms with Crippen LogP contribution in [0, 0.1) is 0 Å². The van der Waals surface area contributed by atoms with E-state index in [1.54, 1.807) is 0 Å². The molecule has 6 N–H and O–H groups in total. The third-order valence-corrected chi connectivity index (χ3v) is 0.792. The maximum absolute atomic E-state index is 5.16. The Morgan fingerprint density at radius 3 is 2.50 bits per heavy atom. The summed E-state index contributed by atoms with van der Waals surface area (Å²) in [6.45, 7) is 2.11. The van der Waals surface area contributed by atoms with Crippen molar-refractivity contribution < 1.29 is 4.74 Å². The summed E-state index contributed by atoms with van der Waals surface area (Å²) in [6.07, 6.45) is 0. The maximum atomic E-state index is 5.16. The molecule has 0 aromatic carbocycles. The van der Waals surface area contributed by atoms with Crippen LogP contribution in [-0.4, -0.2) is 32.3 Å². The molecule has 0 rings (SSSR count). The first-order valence-electron chi connectivity index (χ1n) is 3.10. The lowest BCUT2D eigenvalue weighted by molar-refractivity contribution is 0.149. The number of aliphatic imine (C=N–C) groups is 1. The van der Waals surface area contributed by atoms with Gasteiger partial charge >= 0.3 is 0 Å². The second-order valence-corrected chi connectivity index (χ2v) is 1.71. The van der Waals surface area contributed by atoms with Gasteiger partial charge in [-0.3, -0.25) is 4.99 Å². The highest BCUT2D eigenvalue weighted by atomic mass is 16.5. The largest absolute Gasteiger partial charge is 0.378 e. The van der Waals surface area contributed by atoms with E-state index in [1.807, 2.05) is 0 Å². The molecule has 0 radical (unpaired) electrons. The molecule has 0 heterocycles. The van der Waals surface area contributed by atoms with Crippen molar-refractivity contribution in [3.8, 4) is 0 Å². The Balaban J connectivity index is 2.98. The van der Waals surface area contributed by atoms with Gasteiger partial charge in [0.15, 0.2) is 5.96 Å². The van der Waals surface area contributed by atoms with Gasteiger partial charge < -0.3 is 21.9 Å². The van der Waals surface area contributed by atoms with Crippen molar-refractivity contribution in [1.82, 2.24) is 0 Å². The van der Waals surface area contributed by atoms with E-state index in [9.17, 15) is 0 Å². The van der Waals surface area contributed by atoms with E-state index in [4.69, 9.17) is 21.9 Å². The summed E-state index contributed by atoms with van der Waals surface area (Å²) >= 11 is 0. The minimum Gasteiger partial charge on any atom is -0.378 e. The Kier molecular flexibility index (Phi) is 5.80. The van der Waals surface area contributed by atoms with Crippen molar-refractivity contribution in [3.05, 3.63) is 0 Å². The molecule has 0 spiro atoms. The van der Waals surface area contributed by atoms with Gasteiger partial charge in [-0.15, -0.1) is 0 Å². The SMILES string of the molecule is NCCOCCN=C(N)N. The summed E-state index contributed by atoms with van der Waals surface area (Å²) in [7, 11) is 0. The molecule has 0 aliphatic heterocycles. The smallest absolute Gasteiger partial charge is 0.185 e. The van der Waals surface area contributed by atoms with Crippen LogP contribution in [0.1, 0.15) is 0 Å². The molecule has 5 nitrogen and oxygen atoms in total. The molecule has 5 heteroatoms. The quantitative estimate of drug-likeness (QED) is 0.243. The number of hydrogen-bond acceptors (Lipinski definition) is 3. The lowest BCUT2D eigenvalue weighted by atomic mass is 10.7. The van der Waals surface area contributed by atoms with Gasteiger partial charge in [0.05, 0.1) is 19.8 Å². The molecule has 0 bridgehead atoms. The van der Waals surface area contributed by atoms with Crippen molar-refractivity contribution in [3.63, 3.8) is 0 Å². The van der Waals surface area contributed by atoms with Crippen LogP contribution < -0.4 is 17.2 Å². The molecule has 0 aliphatic rings. The third kappa shape index (κ3) is 7.19. The molecule has 0 fully saturated rings. The average Bonchev–Trinajstić information content (AvgIpc) is 1.87. The predicted molar refractivity (Wildman–Crippen MR) is 40.6 cm³/mol. The summed E-state index contributed by atoms with van der Waals surface area (Å²) in [6, 6.07) is 0. The van der Waals surface area contributed by atoms with E-state index in [0.717, 1.165) is 0 Å². The van der Waals surface area contributed by atoms with E-state index in [-0.39, 0.29) is 5.96 Å². The molecular formula is C5H14N4O. The lowest BCUT2D eigenvalue weighted by Gasteiger charge is -1.97. The zero-order valence-electron chi connectivity index (χ0n) is 5.92. The number of guanidine groups is 1. The van der Waals surface area contributed by atoms with Gasteiger partial charge in [-0.1, -0.05) is 0 Å². The minimum absolute atomic E-state index is 0.0938. The van der Waals surface area contributed by atoms with Crippen molar-refractivity contribution in [2.24, 2.45) is 22.2 Å². The van der Waals surface area contributed by atoms with Crippen LogP contribution in [0.25, 0.3) is 0 Å². The number of rotatable bonds is 5. The van der Waals surface area contributed by atoms with Crippen molar-refractivity contribution >= 4 is 5.96 Å². The van der Waals surface area contributed by atoms with Gasteiger partial charge in [0, 0.05) is 6.54 Å². The second-order valence-electron chi connectivity index (χ2n) is 1.71. The average molecular weight is 146 g/mol. The molecule has 0 amide bonds. The standard InChI is InChI=1S/C5H14N4O/c6-1-3-10-4-2-9-5(7)8/h1-4,6H2,(H4,7,8,9). The Hall–Kier alpha value is -0.810. The zero-order chi connectivity index (χ0) is 7.82. The summed E-state index contributed by atoms with van der Waals surface area (Å²) in [4.78, 5) is 3.70. The lowest BCUT2D eigenvalue weighted by Crippen LogP contribution is -2.23. The Labute approximate surface area is 60.2 Å². The van der Waals surface area contributed by atoms with Gasteiger partial charge in [0.1, 0.15) is 0 Å². The number of hydrogen-bond donors (Lipinski definition) is 3. The molecule has 0 aromatic rings. The Morgan fingerprint density at radius 2 is 2.00 bits per heavy atom.